The van der Waals surface area contributed by atoms with E-state index in [9.17, 15) is 9.59 Å². The van der Waals surface area contributed by atoms with Crippen molar-refractivity contribution in [1.82, 2.24) is 5.32 Å². The van der Waals surface area contributed by atoms with Crippen molar-refractivity contribution in [2.45, 2.75) is 45.4 Å². The van der Waals surface area contributed by atoms with Crippen LogP contribution in [0.1, 0.15) is 44.4 Å². The van der Waals surface area contributed by atoms with Crippen molar-refractivity contribution < 1.29 is 28.5 Å². The Hall–Kier alpha value is -3.22. The Kier molecular flexibility index (Phi) is 8.09. The summed E-state index contributed by atoms with van der Waals surface area (Å²) in [5.74, 6) is 0.586. The maximum absolute atomic E-state index is 12.3. The van der Waals surface area contributed by atoms with Crippen LogP contribution in [0.15, 0.2) is 48.5 Å². The first kappa shape index (κ1) is 23.1. The van der Waals surface area contributed by atoms with Gasteiger partial charge in [-0.1, -0.05) is 36.4 Å². The molecule has 7 heteroatoms. The normalized spacial score (nSPS) is 11.9. The Morgan fingerprint density at radius 1 is 1.00 bits per heavy atom. The molecule has 0 radical (unpaired) electrons. The van der Waals surface area contributed by atoms with Crippen molar-refractivity contribution in [3.63, 3.8) is 0 Å². The minimum atomic E-state index is -0.660. The van der Waals surface area contributed by atoms with Gasteiger partial charge in [-0.2, -0.15) is 0 Å². The summed E-state index contributed by atoms with van der Waals surface area (Å²) in [5.41, 5.74) is 1.03. The van der Waals surface area contributed by atoms with Crippen molar-refractivity contribution in [2.75, 3.05) is 14.2 Å². The quantitative estimate of drug-likeness (QED) is 0.644. The van der Waals surface area contributed by atoms with E-state index in [1.165, 1.54) is 14.2 Å². The zero-order valence-electron chi connectivity index (χ0n) is 18.1. The largest absolute Gasteiger partial charge is 0.493 e. The number of alkyl carbamates (subject to hydrolysis) is 1. The molecular weight excluding hydrogens is 386 g/mol. The lowest BCUT2D eigenvalue weighted by atomic mass is 10.0. The molecular formula is C23H29NO6. The van der Waals surface area contributed by atoms with Gasteiger partial charge in [-0.3, -0.25) is 4.79 Å². The van der Waals surface area contributed by atoms with Crippen LogP contribution in [0.2, 0.25) is 0 Å². The first-order chi connectivity index (χ1) is 14.2. The van der Waals surface area contributed by atoms with E-state index in [1.54, 1.807) is 39.0 Å². The van der Waals surface area contributed by atoms with Crippen LogP contribution in [0.3, 0.4) is 0 Å². The first-order valence-electron chi connectivity index (χ1n) is 9.63. The lowest BCUT2D eigenvalue weighted by molar-refractivity contribution is -0.141. The molecule has 7 nitrogen and oxygen atoms in total. The van der Waals surface area contributed by atoms with Gasteiger partial charge in [0.1, 0.15) is 12.2 Å². The van der Waals surface area contributed by atoms with E-state index in [0.717, 1.165) is 5.56 Å². The molecule has 1 atom stereocenters. The molecule has 162 valence electrons. The summed E-state index contributed by atoms with van der Waals surface area (Å²) in [4.78, 5) is 24.1. The molecule has 0 aliphatic heterocycles. The van der Waals surface area contributed by atoms with E-state index < -0.39 is 23.7 Å². The second-order valence-corrected chi connectivity index (χ2v) is 7.66. The van der Waals surface area contributed by atoms with E-state index in [0.29, 0.717) is 23.7 Å². The Labute approximate surface area is 177 Å². The number of carbonyl (C=O) groups excluding carboxylic acids is 2. The van der Waals surface area contributed by atoms with E-state index in [1.807, 2.05) is 30.3 Å². The molecule has 2 rings (SSSR count). The minimum absolute atomic E-state index is 0.0525. The van der Waals surface area contributed by atoms with Gasteiger partial charge in [0.15, 0.2) is 11.5 Å². The van der Waals surface area contributed by atoms with Crippen molar-refractivity contribution >= 4 is 12.1 Å². The Morgan fingerprint density at radius 3 is 2.30 bits per heavy atom. The fourth-order valence-corrected chi connectivity index (χ4v) is 2.71. The van der Waals surface area contributed by atoms with Gasteiger partial charge in [0.25, 0.3) is 0 Å². The second kappa shape index (κ2) is 10.5. The predicted molar refractivity (Wildman–Crippen MR) is 113 cm³/mol. The summed E-state index contributed by atoms with van der Waals surface area (Å²) in [6.45, 7) is 5.69. The molecule has 0 aromatic heterocycles. The third kappa shape index (κ3) is 7.31. The summed E-state index contributed by atoms with van der Waals surface area (Å²) >= 11 is 0. The summed E-state index contributed by atoms with van der Waals surface area (Å²) in [7, 11) is 2.83. The maximum atomic E-state index is 12.3. The van der Waals surface area contributed by atoms with E-state index in [-0.39, 0.29) is 6.42 Å². The van der Waals surface area contributed by atoms with Crippen molar-refractivity contribution in [1.29, 1.82) is 0 Å². The molecule has 0 fully saturated rings. The molecule has 0 saturated heterocycles. The Balaban J connectivity index is 2.20. The number of amides is 1. The van der Waals surface area contributed by atoms with Crippen molar-refractivity contribution in [2.24, 2.45) is 0 Å². The van der Waals surface area contributed by atoms with Gasteiger partial charge >= 0.3 is 12.1 Å². The van der Waals surface area contributed by atoms with Gasteiger partial charge in [-0.25, -0.2) is 4.79 Å². The summed E-state index contributed by atoms with van der Waals surface area (Å²) in [5, 5.41) is 2.73. The molecule has 30 heavy (non-hydrogen) atoms. The van der Waals surface area contributed by atoms with Crippen molar-refractivity contribution in [3.05, 3.63) is 59.7 Å². The molecule has 1 unspecified atom stereocenters. The number of benzene rings is 2. The highest BCUT2D eigenvalue weighted by Crippen LogP contribution is 2.32. The number of rotatable bonds is 8. The third-order valence-electron chi connectivity index (χ3n) is 4.12. The van der Waals surface area contributed by atoms with Crippen LogP contribution in [-0.2, 0) is 20.9 Å². The molecule has 2 aromatic carbocycles. The molecule has 0 aliphatic rings. The Bertz CT molecular complexity index is 845. The predicted octanol–water partition coefficient (Wildman–Crippen LogP) is 4.40. The van der Waals surface area contributed by atoms with Gasteiger partial charge < -0.3 is 24.3 Å². The molecule has 0 aliphatic carbocycles. The average molecular weight is 415 g/mol. The number of hydrogen-bond donors (Lipinski definition) is 1. The van der Waals surface area contributed by atoms with Crippen LogP contribution >= 0.6 is 0 Å². The summed E-state index contributed by atoms with van der Waals surface area (Å²) in [6, 6.07) is 14.4. The van der Waals surface area contributed by atoms with Crippen molar-refractivity contribution in [3.8, 4) is 11.5 Å². The number of hydrogen-bond acceptors (Lipinski definition) is 6. The lowest BCUT2D eigenvalue weighted by Gasteiger charge is -2.24. The van der Waals surface area contributed by atoms with Crippen LogP contribution in [0.25, 0.3) is 0 Å². The van der Waals surface area contributed by atoms with Crippen LogP contribution in [0.4, 0.5) is 4.79 Å². The van der Waals surface area contributed by atoms with E-state index in [2.05, 4.69) is 5.32 Å². The zero-order chi connectivity index (χ0) is 22.1. The van der Waals surface area contributed by atoms with Gasteiger partial charge in [-0.05, 0) is 44.0 Å². The topological polar surface area (TPSA) is 83.1 Å². The lowest BCUT2D eigenvalue weighted by Crippen LogP contribution is -2.36. The van der Waals surface area contributed by atoms with Gasteiger partial charge in [0.05, 0.1) is 26.7 Å². The number of ether oxygens (including phenoxy) is 4. The third-order valence-corrected chi connectivity index (χ3v) is 4.12. The van der Waals surface area contributed by atoms with E-state index in [4.69, 9.17) is 18.9 Å². The van der Waals surface area contributed by atoms with E-state index >= 15 is 0 Å². The fourth-order valence-electron chi connectivity index (χ4n) is 2.71. The smallest absolute Gasteiger partial charge is 0.408 e. The molecule has 0 bridgehead atoms. The number of esters is 1. The minimum Gasteiger partial charge on any atom is -0.493 e. The molecule has 2 aromatic rings. The summed E-state index contributed by atoms with van der Waals surface area (Å²) < 4.78 is 21.4. The number of carbonyl (C=O) groups is 2. The first-order valence-corrected chi connectivity index (χ1v) is 9.63. The summed E-state index contributed by atoms with van der Waals surface area (Å²) in [6.07, 6.45) is -0.678. The molecule has 1 amide bonds. The molecule has 0 spiro atoms. The molecule has 0 heterocycles. The Morgan fingerprint density at radius 2 is 1.70 bits per heavy atom. The van der Waals surface area contributed by atoms with Gasteiger partial charge in [0.2, 0.25) is 0 Å². The SMILES string of the molecule is COC(=O)CC(NC(=O)OC(C)(C)C)c1ccc(OCc2ccccc2)c(OC)c1. The van der Waals surface area contributed by atoms with Gasteiger partial charge in [-0.15, -0.1) is 0 Å². The van der Waals surface area contributed by atoms with Crippen LogP contribution in [0, 0.1) is 0 Å². The van der Waals surface area contributed by atoms with Crippen LogP contribution in [-0.4, -0.2) is 31.9 Å². The standard InChI is InChI=1S/C23H29NO6/c1-23(2,3)30-22(26)24-18(14-21(25)28-5)17-11-12-19(20(13-17)27-4)29-15-16-9-7-6-8-10-16/h6-13,18H,14-15H2,1-5H3,(H,24,26). The fraction of sp³-hybridized carbons (Fsp3) is 0.391. The van der Waals surface area contributed by atoms with Gasteiger partial charge in [0, 0.05) is 0 Å². The average Bonchev–Trinajstić information content (AvgIpc) is 2.70. The number of nitrogens with one attached hydrogen (secondary N) is 1. The zero-order valence-corrected chi connectivity index (χ0v) is 18.1. The second-order valence-electron chi connectivity index (χ2n) is 7.66. The maximum Gasteiger partial charge on any atom is 0.408 e. The molecule has 1 N–H and O–H groups in total. The van der Waals surface area contributed by atoms with Crippen LogP contribution < -0.4 is 14.8 Å². The highest BCUT2D eigenvalue weighted by molar-refractivity contribution is 5.73. The monoisotopic (exact) mass is 415 g/mol. The number of methoxy groups -OCH3 is 2. The highest BCUT2D eigenvalue weighted by Gasteiger charge is 2.24. The highest BCUT2D eigenvalue weighted by atomic mass is 16.6. The molecule has 0 saturated carbocycles. The van der Waals surface area contributed by atoms with Crippen LogP contribution in [0.5, 0.6) is 11.5 Å².